The van der Waals surface area contributed by atoms with Gasteiger partial charge in [-0.1, -0.05) is 31.2 Å². The topological polar surface area (TPSA) is 24.5 Å². The summed E-state index contributed by atoms with van der Waals surface area (Å²) in [5.41, 5.74) is 2.81. The average Bonchev–Trinajstić information content (AvgIpc) is 2.40. The number of aryl methyl sites for hydroxylation is 1. The van der Waals surface area contributed by atoms with Crippen molar-refractivity contribution in [3.05, 3.63) is 35.4 Å². The summed E-state index contributed by atoms with van der Waals surface area (Å²) in [5.74, 6) is 0. The number of likely N-dealkylation sites (N-methyl/N-ethyl adjacent to an activating group) is 1. The van der Waals surface area contributed by atoms with E-state index in [9.17, 15) is 0 Å². The van der Waals surface area contributed by atoms with Crippen molar-refractivity contribution in [2.24, 2.45) is 0 Å². The number of nitrogens with one attached hydrogen (secondary N) is 1. The van der Waals surface area contributed by atoms with Crippen molar-refractivity contribution in [2.45, 2.75) is 26.4 Å². The fraction of sp³-hybridized carbons (Fsp3) is 0.600. The van der Waals surface area contributed by atoms with Crippen molar-refractivity contribution in [1.29, 1.82) is 0 Å². The zero-order valence-corrected chi connectivity index (χ0v) is 11.5. The van der Waals surface area contributed by atoms with Crippen LogP contribution in [0.4, 0.5) is 0 Å². The first-order valence-electron chi connectivity index (χ1n) is 6.88. The van der Waals surface area contributed by atoms with Gasteiger partial charge in [0.25, 0.3) is 0 Å². The van der Waals surface area contributed by atoms with E-state index in [1.807, 2.05) is 0 Å². The summed E-state index contributed by atoms with van der Waals surface area (Å²) >= 11 is 0. The van der Waals surface area contributed by atoms with Crippen LogP contribution in [-0.4, -0.2) is 43.8 Å². The van der Waals surface area contributed by atoms with Gasteiger partial charge in [-0.25, -0.2) is 0 Å². The molecule has 3 heteroatoms. The summed E-state index contributed by atoms with van der Waals surface area (Å²) in [7, 11) is 0. The first-order valence-corrected chi connectivity index (χ1v) is 6.88. The zero-order chi connectivity index (χ0) is 12.8. The van der Waals surface area contributed by atoms with Gasteiger partial charge < -0.3 is 10.1 Å². The van der Waals surface area contributed by atoms with Crippen LogP contribution < -0.4 is 5.32 Å². The highest BCUT2D eigenvalue weighted by molar-refractivity contribution is 5.25. The van der Waals surface area contributed by atoms with E-state index in [2.05, 4.69) is 48.3 Å². The molecule has 1 atom stereocenters. The van der Waals surface area contributed by atoms with Crippen molar-refractivity contribution in [1.82, 2.24) is 10.2 Å². The van der Waals surface area contributed by atoms with Crippen LogP contribution in [0.3, 0.4) is 0 Å². The fourth-order valence-corrected chi connectivity index (χ4v) is 2.40. The zero-order valence-electron chi connectivity index (χ0n) is 11.5. The number of hydrogen-bond donors (Lipinski definition) is 1. The molecule has 1 heterocycles. The highest BCUT2D eigenvalue weighted by Crippen LogP contribution is 2.14. The van der Waals surface area contributed by atoms with Gasteiger partial charge in [-0.2, -0.15) is 0 Å². The molecule has 0 bridgehead atoms. The van der Waals surface area contributed by atoms with Crippen LogP contribution in [0.1, 0.15) is 18.1 Å². The maximum atomic E-state index is 5.60. The van der Waals surface area contributed by atoms with E-state index in [0.717, 1.165) is 39.4 Å². The normalized spacial score (nSPS) is 21.1. The minimum atomic E-state index is 0.498. The Hall–Kier alpha value is -0.900. The predicted octanol–water partition coefficient (Wildman–Crippen LogP) is 1.81. The van der Waals surface area contributed by atoms with Gasteiger partial charge >= 0.3 is 0 Å². The van der Waals surface area contributed by atoms with Crippen molar-refractivity contribution < 1.29 is 4.74 Å². The van der Waals surface area contributed by atoms with E-state index in [-0.39, 0.29) is 0 Å². The van der Waals surface area contributed by atoms with Crippen LogP contribution in [0, 0.1) is 6.92 Å². The van der Waals surface area contributed by atoms with Crippen LogP contribution in [0.25, 0.3) is 0 Å². The van der Waals surface area contributed by atoms with E-state index in [1.54, 1.807) is 0 Å². The lowest BCUT2D eigenvalue weighted by molar-refractivity contribution is -0.0108. The first-order chi connectivity index (χ1) is 8.81. The molecule has 0 spiro atoms. The van der Waals surface area contributed by atoms with Gasteiger partial charge in [-0.3, -0.25) is 4.90 Å². The van der Waals surface area contributed by atoms with Gasteiger partial charge in [0.1, 0.15) is 0 Å². The lowest BCUT2D eigenvalue weighted by Crippen LogP contribution is -2.49. The Bertz CT molecular complexity index is 367. The Kier molecular flexibility index (Phi) is 5.17. The molecule has 3 nitrogen and oxygen atoms in total. The van der Waals surface area contributed by atoms with Crippen molar-refractivity contribution in [3.63, 3.8) is 0 Å². The monoisotopic (exact) mass is 248 g/mol. The lowest BCUT2D eigenvalue weighted by atomic mass is 10.1. The second-order valence-corrected chi connectivity index (χ2v) is 4.93. The molecule has 1 saturated heterocycles. The van der Waals surface area contributed by atoms with Crippen LogP contribution in [0.2, 0.25) is 0 Å². The van der Waals surface area contributed by atoms with Crippen molar-refractivity contribution in [2.75, 3.05) is 32.8 Å². The van der Waals surface area contributed by atoms with E-state index >= 15 is 0 Å². The molecule has 1 fully saturated rings. The van der Waals surface area contributed by atoms with E-state index in [0.29, 0.717) is 6.04 Å². The molecular weight excluding hydrogens is 224 g/mol. The molecule has 18 heavy (non-hydrogen) atoms. The Labute approximate surface area is 110 Å². The SMILES string of the molecule is CCNCC1COCCN1Cc1ccccc1C. The fourth-order valence-electron chi connectivity index (χ4n) is 2.40. The third kappa shape index (κ3) is 3.55. The Morgan fingerprint density at radius 1 is 1.39 bits per heavy atom. The second-order valence-electron chi connectivity index (χ2n) is 4.93. The Morgan fingerprint density at radius 2 is 2.22 bits per heavy atom. The third-order valence-corrected chi connectivity index (χ3v) is 3.61. The number of ether oxygens (including phenoxy) is 1. The summed E-state index contributed by atoms with van der Waals surface area (Å²) in [4.78, 5) is 2.54. The Morgan fingerprint density at radius 3 is 3.00 bits per heavy atom. The molecule has 0 radical (unpaired) electrons. The van der Waals surface area contributed by atoms with Gasteiger partial charge in [0.05, 0.1) is 13.2 Å². The maximum Gasteiger partial charge on any atom is 0.0635 e. The number of benzene rings is 1. The maximum absolute atomic E-state index is 5.60. The van der Waals surface area contributed by atoms with Crippen LogP contribution in [-0.2, 0) is 11.3 Å². The number of hydrogen-bond acceptors (Lipinski definition) is 3. The summed E-state index contributed by atoms with van der Waals surface area (Å²) in [6.07, 6.45) is 0. The van der Waals surface area contributed by atoms with Gasteiger partial charge in [-0.05, 0) is 24.6 Å². The molecule has 0 aromatic heterocycles. The number of nitrogens with zero attached hydrogens (tertiary/aromatic N) is 1. The molecule has 2 rings (SSSR count). The molecule has 0 amide bonds. The summed E-state index contributed by atoms with van der Waals surface area (Å²) in [6.45, 7) is 10.1. The quantitative estimate of drug-likeness (QED) is 0.860. The van der Waals surface area contributed by atoms with Gasteiger partial charge in [-0.15, -0.1) is 0 Å². The lowest BCUT2D eigenvalue weighted by Gasteiger charge is -2.36. The molecule has 1 N–H and O–H groups in total. The molecule has 1 unspecified atom stereocenters. The second kappa shape index (κ2) is 6.88. The molecule has 0 aliphatic carbocycles. The minimum Gasteiger partial charge on any atom is -0.378 e. The van der Waals surface area contributed by atoms with Crippen LogP contribution in [0.5, 0.6) is 0 Å². The van der Waals surface area contributed by atoms with Crippen molar-refractivity contribution >= 4 is 0 Å². The summed E-state index contributed by atoms with van der Waals surface area (Å²) in [5, 5.41) is 3.43. The van der Waals surface area contributed by atoms with Gasteiger partial charge in [0.15, 0.2) is 0 Å². The molecule has 100 valence electrons. The molecule has 1 aliphatic rings. The standard InChI is InChI=1S/C15H24N2O/c1-3-16-10-15-12-18-9-8-17(15)11-14-7-5-4-6-13(14)2/h4-7,15-16H,3,8-12H2,1-2H3. The first kappa shape index (κ1) is 13.5. The Balaban J connectivity index is 1.98. The van der Waals surface area contributed by atoms with Crippen molar-refractivity contribution in [3.8, 4) is 0 Å². The molecular formula is C15H24N2O. The summed E-state index contributed by atoms with van der Waals surface area (Å²) in [6, 6.07) is 9.15. The molecule has 1 aromatic carbocycles. The smallest absolute Gasteiger partial charge is 0.0635 e. The van der Waals surface area contributed by atoms with E-state index < -0.39 is 0 Å². The highest BCUT2D eigenvalue weighted by Gasteiger charge is 2.22. The number of rotatable bonds is 5. The molecule has 1 aromatic rings. The van der Waals surface area contributed by atoms with E-state index in [1.165, 1.54) is 11.1 Å². The largest absolute Gasteiger partial charge is 0.378 e. The average molecular weight is 248 g/mol. The van der Waals surface area contributed by atoms with Crippen LogP contribution >= 0.6 is 0 Å². The molecule has 1 aliphatic heterocycles. The van der Waals surface area contributed by atoms with Gasteiger partial charge in [0, 0.05) is 25.7 Å². The minimum absolute atomic E-state index is 0.498. The third-order valence-electron chi connectivity index (χ3n) is 3.61. The van der Waals surface area contributed by atoms with Crippen LogP contribution in [0.15, 0.2) is 24.3 Å². The number of morpholine rings is 1. The van der Waals surface area contributed by atoms with Gasteiger partial charge in [0.2, 0.25) is 0 Å². The van der Waals surface area contributed by atoms with E-state index in [4.69, 9.17) is 4.74 Å². The summed E-state index contributed by atoms with van der Waals surface area (Å²) < 4.78 is 5.60. The predicted molar refractivity (Wildman–Crippen MR) is 74.7 cm³/mol. The molecule has 0 saturated carbocycles. The highest BCUT2D eigenvalue weighted by atomic mass is 16.5.